The first-order valence-corrected chi connectivity index (χ1v) is 6.93. The van der Waals surface area contributed by atoms with Gasteiger partial charge in [0.25, 0.3) is 0 Å². The summed E-state index contributed by atoms with van der Waals surface area (Å²) in [5.74, 6) is 0.354. The van der Waals surface area contributed by atoms with Crippen LogP contribution in [0.1, 0.15) is 50.9 Å². The lowest BCUT2D eigenvalue weighted by molar-refractivity contribution is 0.0954. The fourth-order valence-corrected chi connectivity index (χ4v) is 2.91. The van der Waals surface area contributed by atoms with Crippen LogP contribution in [0.2, 0.25) is 10.0 Å². The summed E-state index contributed by atoms with van der Waals surface area (Å²) in [4.78, 5) is 12.2. The van der Waals surface area contributed by atoms with E-state index in [1.165, 1.54) is 0 Å². The van der Waals surface area contributed by atoms with E-state index < -0.39 is 0 Å². The van der Waals surface area contributed by atoms with Crippen LogP contribution in [0.15, 0.2) is 18.2 Å². The van der Waals surface area contributed by atoms with Crippen molar-refractivity contribution in [2.75, 3.05) is 0 Å². The maximum atomic E-state index is 12.2. The Morgan fingerprint density at radius 1 is 1.22 bits per heavy atom. The highest BCUT2D eigenvalue weighted by Gasteiger charge is 2.21. The highest BCUT2D eigenvalue weighted by Crippen LogP contribution is 2.30. The Morgan fingerprint density at radius 3 is 2.17 bits per heavy atom. The van der Waals surface area contributed by atoms with Gasteiger partial charge in [-0.2, -0.15) is 0 Å². The monoisotopic (exact) mass is 286 g/mol. The number of rotatable bonds is 4. The lowest BCUT2D eigenvalue weighted by atomic mass is 9.83. The Labute approximate surface area is 119 Å². The summed E-state index contributed by atoms with van der Waals surface area (Å²) in [5.41, 5.74) is 0.686. The molecule has 0 radical (unpaired) electrons. The molecule has 0 bridgehead atoms. The number of Topliss-reactive ketones (excluding diaryl/α,β-unsaturated/α-hetero) is 1. The quantitative estimate of drug-likeness (QED) is 0.655. The second kappa shape index (κ2) is 6.08. The van der Waals surface area contributed by atoms with Crippen LogP contribution in [0, 0.1) is 11.3 Å². The van der Waals surface area contributed by atoms with Gasteiger partial charge in [-0.15, -0.1) is 0 Å². The van der Waals surface area contributed by atoms with Gasteiger partial charge < -0.3 is 0 Å². The molecule has 0 amide bonds. The van der Waals surface area contributed by atoms with Crippen molar-refractivity contribution in [1.82, 2.24) is 0 Å². The van der Waals surface area contributed by atoms with Crippen LogP contribution in [-0.4, -0.2) is 5.78 Å². The van der Waals surface area contributed by atoms with Crippen molar-refractivity contribution < 1.29 is 4.79 Å². The molecule has 100 valence electrons. The molecule has 1 aromatic rings. The third kappa shape index (κ3) is 4.62. The summed E-state index contributed by atoms with van der Waals surface area (Å²) in [5, 5.41) is 0.880. The molecule has 0 aliphatic heterocycles. The zero-order valence-corrected chi connectivity index (χ0v) is 12.9. The molecule has 0 aromatic heterocycles. The van der Waals surface area contributed by atoms with Crippen LogP contribution in [-0.2, 0) is 0 Å². The predicted molar refractivity (Wildman–Crippen MR) is 78.6 cm³/mol. The molecular formula is C15H20Cl2O. The molecule has 3 heteroatoms. The standard InChI is InChI=1S/C15H20Cl2O/c1-10(9-15(2,3)4)8-13(18)14-11(16)6-5-7-12(14)17/h5-7,10H,8-9H2,1-4H3. The Kier molecular flexibility index (Phi) is 5.24. The number of benzene rings is 1. The average molecular weight is 287 g/mol. The number of ketones is 1. The van der Waals surface area contributed by atoms with Gasteiger partial charge in [-0.1, -0.05) is 57.0 Å². The van der Waals surface area contributed by atoms with Crippen LogP contribution in [0.5, 0.6) is 0 Å². The molecule has 0 saturated carbocycles. The molecule has 0 saturated heterocycles. The van der Waals surface area contributed by atoms with Crippen molar-refractivity contribution >= 4 is 29.0 Å². The molecule has 0 spiro atoms. The van der Waals surface area contributed by atoms with Gasteiger partial charge >= 0.3 is 0 Å². The Balaban J connectivity index is 2.77. The minimum absolute atomic E-state index is 0.0300. The van der Waals surface area contributed by atoms with Crippen LogP contribution >= 0.6 is 23.2 Å². The molecule has 0 N–H and O–H groups in total. The number of carbonyl (C=O) groups excluding carboxylic acids is 1. The first kappa shape index (κ1) is 15.5. The second-order valence-electron chi connectivity index (χ2n) is 6.09. The molecule has 1 unspecified atom stereocenters. The molecule has 1 aromatic carbocycles. The van der Waals surface area contributed by atoms with E-state index in [4.69, 9.17) is 23.2 Å². The van der Waals surface area contributed by atoms with Crippen molar-refractivity contribution in [3.05, 3.63) is 33.8 Å². The molecule has 1 rings (SSSR count). The smallest absolute Gasteiger partial charge is 0.166 e. The van der Waals surface area contributed by atoms with Gasteiger partial charge in [0.1, 0.15) is 0 Å². The van der Waals surface area contributed by atoms with E-state index in [0.717, 1.165) is 6.42 Å². The molecule has 0 aliphatic rings. The summed E-state index contributed by atoms with van der Waals surface area (Å²) in [7, 11) is 0. The van der Waals surface area contributed by atoms with Crippen molar-refractivity contribution in [1.29, 1.82) is 0 Å². The second-order valence-corrected chi connectivity index (χ2v) is 6.91. The zero-order valence-electron chi connectivity index (χ0n) is 11.4. The van der Waals surface area contributed by atoms with Gasteiger partial charge in [-0.25, -0.2) is 0 Å². The largest absolute Gasteiger partial charge is 0.294 e. The van der Waals surface area contributed by atoms with Crippen LogP contribution in [0.25, 0.3) is 0 Å². The van der Waals surface area contributed by atoms with E-state index in [-0.39, 0.29) is 11.2 Å². The van der Waals surface area contributed by atoms with Gasteiger partial charge in [0.05, 0.1) is 15.6 Å². The van der Waals surface area contributed by atoms with Crippen molar-refractivity contribution in [3.8, 4) is 0 Å². The molecule has 0 fully saturated rings. The molecule has 0 aliphatic carbocycles. The fourth-order valence-electron chi connectivity index (χ4n) is 2.30. The minimum atomic E-state index is 0.0300. The number of hydrogen-bond donors (Lipinski definition) is 0. The van der Waals surface area contributed by atoms with Crippen molar-refractivity contribution in [2.45, 2.75) is 40.5 Å². The number of hydrogen-bond acceptors (Lipinski definition) is 1. The third-order valence-corrected chi connectivity index (χ3v) is 3.37. The lowest BCUT2D eigenvalue weighted by Gasteiger charge is -2.22. The lowest BCUT2D eigenvalue weighted by Crippen LogP contribution is -2.14. The van der Waals surface area contributed by atoms with E-state index >= 15 is 0 Å². The van der Waals surface area contributed by atoms with Crippen LogP contribution in [0.3, 0.4) is 0 Å². The van der Waals surface area contributed by atoms with E-state index in [2.05, 4.69) is 27.7 Å². The van der Waals surface area contributed by atoms with Gasteiger partial charge in [0.15, 0.2) is 5.78 Å². The minimum Gasteiger partial charge on any atom is -0.294 e. The Bertz CT molecular complexity index is 412. The Hall–Kier alpha value is -0.530. The van der Waals surface area contributed by atoms with E-state index in [0.29, 0.717) is 27.9 Å². The van der Waals surface area contributed by atoms with Gasteiger partial charge in [-0.05, 0) is 29.9 Å². The molecule has 1 nitrogen and oxygen atoms in total. The van der Waals surface area contributed by atoms with Crippen molar-refractivity contribution in [3.63, 3.8) is 0 Å². The van der Waals surface area contributed by atoms with Gasteiger partial charge in [0, 0.05) is 6.42 Å². The first-order valence-electron chi connectivity index (χ1n) is 6.18. The van der Waals surface area contributed by atoms with Gasteiger partial charge in [0.2, 0.25) is 0 Å². The van der Waals surface area contributed by atoms with E-state index in [9.17, 15) is 4.79 Å². The fraction of sp³-hybridized carbons (Fsp3) is 0.533. The van der Waals surface area contributed by atoms with E-state index in [1.54, 1.807) is 18.2 Å². The van der Waals surface area contributed by atoms with Crippen molar-refractivity contribution in [2.24, 2.45) is 11.3 Å². The third-order valence-electron chi connectivity index (χ3n) is 2.74. The summed E-state index contributed by atoms with van der Waals surface area (Å²) in [6, 6.07) is 5.16. The molecule has 1 atom stereocenters. The topological polar surface area (TPSA) is 17.1 Å². The van der Waals surface area contributed by atoms with Crippen LogP contribution in [0.4, 0.5) is 0 Å². The maximum Gasteiger partial charge on any atom is 0.166 e. The number of carbonyl (C=O) groups is 1. The Morgan fingerprint density at radius 2 is 1.72 bits per heavy atom. The first-order chi connectivity index (χ1) is 8.20. The summed E-state index contributed by atoms with van der Waals surface area (Å²) >= 11 is 12.1. The normalized spacial score (nSPS) is 13.4. The van der Waals surface area contributed by atoms with Crippen LogP contribution < -0.4 is 0 Å². The zero-order chi connectivity index (χ0) is 13.9. The highest BCUT2D eigenvalue weighted by molar-refractivity contribution is 6.39. The van der Waals surface area contributed by atoms with Gasteiger partial charge in [-0.3, -0.25) is 4.79 Å². The highest BCUT2D eigenvalue weighted by atomic mass is 35.5. The average Bonchev–Trinajstić information content (AvgIpc) is 2.13. The molecular weight excluding hydrogens is 267 g/mol. The summed E-state index contributed by atoms with van der Waals surface area (Å²) < 4.78 is 0. The maximum absolute atomic E-state index is 12.2. The SMILES string of the molecule is CC(CC(=O)c1c(Cl)cccc1Cl)CC(C)(C)C. The number of halogens is 2. The predicted octanol–water partition coefficient (Wildman–Crippen LogP) is 5.64. The molecule has 0 heterocycles. The van der Waals surface area contributed by atoms with E-state index in [1.807, 2.05) is 0 Å². The summed E-state index contributed by atoms with van der Waals surface area (Å²) in [6.07, 6.45) is 1.49. The summed E-state index contributed by atoms with van der Waals surface area (Å²) in [6.45, 7) is 8.62. The molecule has 18 heavy (non-hydrogen) atoms.